The number of hydrogen-bond donors (Lipinski definition) is 1. The molecule has 0 amide bonds. The summed E-state index contributed by atoms with van der Waals surface area (Å²) in [6, 6.07) is 8.17. The van der Waals surface area contributed by atoms with Crippen molar-refractivity contribution in [3.8, 4) is 0 Å². The summed E-state index contributed by atoms with van der Waals surface area (Å²) in [5, 5.41) is 1.60. The molecule has 2 aromatic carbocycles. The number of H-pyrrole nitrogens is 1. The Hall–Kier alpha value is -2.57. The van der Waals surface area contributed by atoms with E-state index in [1.807, 2.05) is 26.8 Å². The minimum atomic E-state index is -4.36. The van der Waals surface area contributed by atoms with Gasteiger partial charge in [-0.1, -0.05) is 74.7 Å². The van der Waals surface area contributed by atoms with Crippen LogP contribution in [0.4, 0.5) is 17.6 Å². The van der Waals surface area contributed by atoms with E-state index < -0.39 is 17.6 Å². The average Bonchev–Trinajstić information content (AvgIpc) is 3.22. The number of nitrogens with one attached hydrogen (secondary N) is 1. The predicted molar refractivity (Wildman–Crippen MR) is 153 cm³/mol. The Bertz CT molecular complexity index is 1290. The molecule has 1 N–H and O–H groups in total. The zero-order valence-electron chi connectivity index (χ0n) is 22.3. The summed E-state index contributed by atoms with van der Waals surface area (Å²) in [4.78, 5) is 7.38. The van der Waals surface area contributed by atoms with Crippen LogP contribution in [0.2, 0.25) is 5.02 Å². The van der Waals surface area contributed by atoms with Gasteiger partial charge in [-0.3, -0.25) is 4.99 Å². The van der Waals surface area contributed by atoms with Gasteiger partial charge in [0.1, 0.15) is 5.82 Å². The molecule has 2 nitrogen and oxygen atoms in total. The third-order valence-electron chi connectivity index (χ3n) is 6.10. The first-order chi connectivity index (χ1) is 17.9. The molecule has 1 unspecified atom stereocenters. The number of nitrogens with zero attached hydrogens (tertiary/aromatic N) is 1. The lowest BCUT2D eigenvalue weighted by Crippen LogP contribution is -2.06. The van der Waals surface area contributed by atoms with E-state index in [9.17, 15) is 17.6 Å². The van der Waals surface area contributed by atoms with Crippen molar-refractivity contribution in [3.63, 3.8) is 0 Å². The summed E-state index contributed by atoms with van der Waals surface area (Å²) < 4.78 is 52.3. The predicted octanol–water partition coefficient (Wildman–Crippen LogP) is 11.0. The lowest BCUT2D eigenvalue weighted by Gasteiger charge is -2.15. The Morgan fingerprint density at radius 1 is 1.13 bits per heavy atom. The maximum absolute atomic E-state index is 13.9. The third kappa shape index (κ3) is 8.74. The molecule has 0 fully saturated rings. The van der Waals surface area contributed by atoms with Crippen LogP contribution < -0.4 is 0 Å². The van der Waals surface area contributed by atoms with Gasteiger partial charge in [0.15, 0.2) is 0 Å². The number of alkyl halides is 3. The first-order valence-electron chi connectivity index (χ1n) is 12.6. The first-order valence-corrected chi connectivity index (χ1v) is 13.4. The van der Waals surface area contributed by atoms with Gasteiger partial charge >= 0.3 is 6.18 Å². The average molecular weight is 570 g/mol. The fraction of sp³-hybridized carbons (Fsp3) is 0.367. The molecule has 38 heavy (non-hydrogen) atoms. The molecule has 0 saturated heterocycles. The van der Waals surface area contributed by atoms with E-state index in [0.29, 0.717) is 10.5 Å². The number of allylic oxidation sites excluding steroid dienone is 4. The number of fused-ring (bicyclic) bond motifs is 1. The minimum absolute atomic E-state index is 0.0629. The topological polar surface area (TPSA) is 28.1 Å². The zero-order chi connectivity index (χ0) is 28.5. The van der Waals surface area contributed by atoms with E-state index in [0.717, 1.165) is 65.7 Å². The molecule has 0 radical (unpaired) electrons. The quantitative estimate of drug-likeness (QED) is 0.207. The number of rotatable bonds is 8. The highest BCUT2D eigenvalue weighted by Crippen LogP contribution is 2.36. The number of aromatic nitrogens is 1. The van der Waals surface area contributed by atoms with Gasteiger partial charge in [-0.25, -0.2) is 4.39 Å². The van der Waals surface area contributed by atoms with Gasteiger partial charge in [-0.05, 0) is 68.5 Å². The number of aromatic amines is 1. The minimum Gasteiger partial charge on any atom is -0.358 e. The van der Waals surface area contributed by atoms with Crippen molar-refractivity contribution in [1.82, 2.24) is 4.98 Å². The number of aliphatic imine (C=N–C) groups is 1. The second-order valence-electron chi connectivity index (χ2n) is 8.96. The second kappa shape index (κ2) is 14.5. The molecule has 1 heterocycles. The summed E-state index contributed by atoms with van der Waals surface area (Å²) >= 11 is 11.7. The van der Waals surface area contributed by atoms with Gasteiger partial charge in [-0.2, -0.15) is 13.2 Å². The van der Waals surface area contributed by atoms with Crippen LogP contribution in [0.1, 0.15) is 82.2 Å². The zero-order valence-corrected chi connectivity index (χ0v) is 23.8. The number of benzene rings is 2. The Morgan fingerprint density at radius 2 is 1.79 bits per heavy atom. The molecule has 206 valence electrons. The number of aryl methyl sites for hydroxylation is 1. The highest BCUT2D eigenvalue weighted by atomic mass is 35.5. The largest absolute Gasteiger partial charge is 0.416 e. The molecule has 0 aliphatic carbocycles. The Kier molecular flexibility index (Phi) is 12.1. The fourth-order valence-electron chi connectivity index (χ4n) is 3.97. The molecule has 8 heteroatoms. The fourth-order valence-corrected chi connectivity index (χ4v) is 4.18. The monoisotopic (exact) mass is 568 g/mol. The van der Waals surface area contributed by atoms with Crippen LogP contribution in [0.15, 0.2) is 64.3 Å². The smallest absolute Gasteiger partial charge is 0.358 e. The number of halogens is 6. The molecule has 1 aromatic heterocycles. The first kappa shape index (κ1) is 31.6. The SMILES string of the molecule is CCCCc1c(C(C)c2ccc(C(F)(F)F)cc2)[nH]c2cc(F)c(Cl)cc12.C\C=C(Cl)/C=N/C(C)=C/CC. The molecule has 3 rings (SSSR count). The van der Waals surface area contributed by atoms with Crippen molar-refractivity contribution in [3.05, 3.63) is 92.5 Å². The van der Waals surface area contributed by atoms with Crippen LogP contribution in [-0.2, 0) is 12.6 Å². The Morgan fingerprint density at radius 3 is 2.34 bits per heavy atom. The van der Waals surface area contributed by atoms with E-state index >= 15 is 0 Å². The van der Waals surface area contributed by atoms with Gasteiger partial charge in [0.2, 0.25) is 0 Å². The van der Waals surface area contributed by atoms with Crippen LogP contribution in [0, 0.1) is 5.82 Å². The van der Waals surface area contributed by atoms with E-state index in [1.54, 1.807) is 12.3 Å². The maximum atomic E-state index is 13.9. The van der Waals surface area contributed by atoms with Crippen LogP contribution in [0.5, 0.6) is 0 Å². The van der Waals surface area contributed by atoms with Crippen molar-refractivity contribution in [2.24, 2.45) is 4.99 Å². The number of hydrogen-bond acceptors (Lipinski definition) is 1. The van der Waals surface area contributed by atoms with E-state index in [4.69, 9.17) is 23.2 Å². The molecule has 1 atom stereocenters. The van der Waals surface area contributed by atoms with Gasteiger partial charge in [-0.15, -0.1) is 0 Å². The Balaban J connectivity index is 0.000000391. The van der Waals surface area contributed by atoms with E-state index in [2.05, 4.69) is 29.9 Å². The summed E-state index contributed by atoms with van der Waals surface area (Å²) in [6.45, 7) is 9.94. The van der Waals surface area contributed by atoms with E-state index in [-0.39, 0.29) is 10.9 Å². The summed E-state index contributed by atoms with van der Waals surface area (Å²) in [5.41, 5.74) is 3.68. The molecule has 0 saturated carbocycles. The summed E-state index contributed by atoms with van der Waals surface area (Å²) in [6.07, 6.45) is 4.91. The van der Waals surface area contributed by atoms with Crippen molar-refractivity contribution in [2.45, 2.75) is 72.4 Å². The molecular weight excluding hydrogens is 535 g/mol. The molecule has 0 aliphatic rings. The normalized spacial score (nSPS) is 13.7. The Labute approximate surface area is 232 Å². The van der Waals surface area contributed by atoms with Gasteiger partial charge in [0, 0.05) is 34.4 Å². The molecule has 0 bridgehead atoms. The maximum Gasteiger partial charge on any atom is 0.416 e. The summed E-state index contributed by atoms with van der Waals surface area (Å²) in [5.74, 6) is -0.658. The van der Waals surface area contributed by atoms with Crippen molar-refractivity contribution < 1.29 is 17.6 Å². The van der Waals surface area contributed by atoms with Crippen molar-refractivity contribution >= 4 is 40.3 Å². The van der Waals surface area contributed by atoms with Crippen LogP contribution in [0.3, 0.4) is 0 Å². The summed E-state index contributed by atoms with van der Waals surface area (Å²) in [7, 11) is 0. The van der Waals surface area contributed by atoms with Gasteiger partial charge in [0.05, 0.1) is 15.6 Å². The van der Waals surface area contributed by atoms with Gasteiger partial charge in [0.25, 0.3) is 0 Å². The van der Waals surface area contributed by atoms with Crippen molar-refractivity contribution in [1.29, 1.82) is 0 Å². The van der Waals surface area contributed by atoms with Gasteiger partial charge < -0.3 is 4.98 Å². The molecule has 3 aromatic rings. The lowest BCUT2D eigenvalue weighted by atomic mass is 9.92. The van der Waals surface area contributed by atoms with Crippen molar-refractivity contribution in [2.75, 3.05) is 0 Å². The second-order valence-corrected chi connectivity index (χ2v) is 9.80. The molecular formula is C30H34Cl2F4N2. The lowest BCUT2D eigenvalue weighted by molar-refractivity contribution is -0.137. The highest BCUT2D eigenvalue weighted by Gasteiger charge is 2.30. The van der Waals surface area contributed by atoms with Crippen LogP contribution in [0.25, 0.3) is 10.9 Å². The standard InChI is InChI=1S/C21H20ClF4N.C9H14ClN/c1-3-4-5-15-16-10-17(22)18(23)11-19(16)27-20(15)12(2)13-6-8-14(9-7-13)21(24,25)26;1-4-6-8(3)11-7-9(10)5-2/h6-12,27H,3-5H2,1-2H3;5-7H,4H2,1-3H3/b;8-6+,9-5+,11-7+. The number of unbranched alkanes of at least 4 members (excludes halogenated alkanes) is 1. The van der Waals surface area contributed by atoms with Crippen LogP contribution in [-0.4, -0.2) is 11.2 Å². The highest BCUT2D eigenvalue weighted by molar-refractivity contribution is 6.39. The molecule has 0 spiro atoms. The molecule has 0 aliphatic heterocycles. The third-order valence-corrected chi connectivity index (χ3v) is 6.70. The van der Waals surface area contributed by atoms with Crippen LogP contribution >= 0.6 is 23.2 Å². The van der Waals surface area contributed by atoms with E-state index in [1.165, 1.54) is 18.2 Å².